The molecule has 7 heteroatoms. The molecule has 0 saturated heterocycles. The third kappa shape index (κ3) is 2.98. The van der Waals surface area contributed by atoms with Gasteiger partial charge in [0, 0.05) is 7.05 Å². The number of amides is 1. The average Bonchev–Trinajstić information content (AvgIpc) is 2.81. The van der Waals surface area contributed by atoms with Crippen LogP contribution < -0.4 is 5.32 Å². The van der Waals surface area contributed by atoms with Crippen molar-refractivity contribution in [2.24, 2.45) is 7.05 Å². The number of hydrogen-bond acceptors (Lipinski definition) is 4. The van der Waals surface area contributed by atoms with Gasteiger partial charge >= 0.3 is 5.69 Å². The number of nitrogens with one attached hydrogen (secondary N) is 1. The van der Waals surface area contributed by atoms with E-state index in [2.05, 4.69) is 10.4 Å². The zero-order valence-electron chi connectivity index (χ0n) is 12.7. The van der Waals surface area contributed by atoms with Crippen molar-refractivity contribution >= 4 is 11.6 Å². The highest BCUT2D eigenvalue weighted by Gasteiger charge is 2.29. The largest absolute Gasteiger partial charge is 0.344 e. The molecule has 2 aromatic rings. The lowest BCUT2D eigenvalue weighted by atomic mass is 10.0. The van der Waals surface area contributed by atoms with E-state index in [1.54, 1.807) is 14.0 Å². The van der Waals surface area contributed by atoms with Crippen LogP contribution in [0.5, 0.6) is 0 Å². The number of carbonyl (C=O) groups excluding carboxylic acids is 1. The van der Waals surface area contributed by atoms with Gasteiger partial charge in [0.15, 0.2) is 0 Å². The summed E-state index contributed by atoms with van der Waals surface area (Å²) in [5, 5.41) is 17.9. The predicted octanol–water partition coefficient (Wildman–Crippen LogP) is 2.52. The molecule has 0 aliphatic heterocycles. The van der Waals surface area contributed by atoms with Crippen molar-refractivity contribution in [2.45, 2.75) is 26.3 Å². The second-order valence-electron chi connectivity index (χ2n) is 5.01. The van der Waals surface area contributed by atoms with Gasteiger partial charge in [-0.05, 0) is 18.9 Å². The fourth-order valence-corrected chi connectivity index (χ4v) is 2.30. The molecule has 1 unspecified atom stereocenters. The van der Waals surface area contributed by atoms with Crippen LogP contribution in [0, 0.1) is 17.0 Å². The number of hydrogen-bond donors (Lipinski definition) is 1. The molecule has 0 saturated carbocycles. The van der Waals surface area contributed by atoms with Crippen LogP contribution in [-0.2, 0) is 7.05 Å². The maximum Gasteiger partial charge on any atom is 0.322 e. The summed E-state index contributed by atoms with van der Waals surface area (Å²) in [5.41, 5.74) is 0.902. The van der Waals surface area contributed by atoms with Gasteiger partial charge in [0.25, 0.3) is 5.91 Å². The Balaban J connectivity index is 2.29. The second-order valence-corrected chi connectivity index (χ2v) is 5.01. The fraction of sp³-hybridized carbons (Fsp3) is 0.333. The molecule has 0 fully saturated rings. The summed E-state index contributed by atoms with van der Waals surface area (Å²) in [6.07, 6.45) is 0.676. The van der Waals surface area contributed by atoms with Crippen molar-refractivity contribution in [2.75, 3.05) is 0 Å². The normalized spacial score (nSPS) is 12.0. The maximum absolute atomic E-state index is 12.4. The first-order valence-corrected chi connectivity index (χ1v) is 6.99. The van der Waals surface area contributed by atoms with Gasteiger partial charge in [0.1, 0.15) is 5.69 Å². The molecule has 7 nitrogen and oxygen atoms in total. The Kier molecular flexibility index (Phi) is 4.55. The van der Waals surface area contributed by atoms with Crippen LogP contribution in [-0.4, -0.2) is 20.6 Å². The number of benzene rings is 1. The summed E-state index contributed by atoms with van der Waals surface area (Å²) in [6, 6.07) is 9.27. The molecule has 0 radical (unpaired) electrons. The molecule has 1 heterocycles. The lowest BCUT2D eigenvalue weighted by Crippen LogP contribution is -2.29. The van der Waals surface area contributed by atoms with E-state index in [-0.39, 0.29) is 17.4 Å². The molecule has 116 valence electrons. The van der Waals surface area contributed by atoms with E-state index in [9.17, 15) is 14.9 Å². The first-order chi connectivity index (χ1) is 10.5. The molecule has 2 rings (SSSR count). The lowest BCUT2D eigenvalue weighted by Gasteiger charge is -2.16. The van der Waals surface area contributed by atoms with E-state index >= 15 is 0 Å². The summed E-state index contributed by atoms with van der Waals surface area (Å²) < 4.78 is 1.34. The highest BCUT2D eigenvalue weighted by atomic mass is 16.6. The Bertz CT molecular complexity index is 694. The Morgan fingerprint density at radius 1 is 1.41 bits per heavy atom. The van der Waals surface area contributed by atoms with Crippen LogP contribution in [0.15, 0.2) is 30.3 Å². The number of aromatic nitrogens is 2. The van der Waals surface area contributed by atoms with E-state index < -0.39 is 10.8 Å². The smallest absolute Gasteiger partial charge is 0.322 e. The summed E-state index contributed by atoms with van der Waals surface area (Å²) in [4.78, 5) is 23.0. The standard InChI is InChI=1S/C15H18N4O3/c1-4-12(11-8-6-5-7-9-11)16-15(20)13-14(19(21)22)10(2)18(3)17-13/h5-9,12H,4H2,1-3H3,(H,16,20). The molecule has 0 bridgehead atoms. The summed E-state index contributed by atoms with van der Waals surface area (Å²) in [5.74, 6) is -0.536. The summed E-state index contributed by atoms with van der Waals surface area (Å²) >= 11 is 0. The molecule has 1 aromatic heterocycles. The second kappa shape index (κ2) is 6.38. The average molecular weight is 302 g/mol. The summed E-state index contributed by atoms with van der Waals surface area (Å²) in [6.45, 7) is 3.51. The van der Waals surface area contributed by atoms with E-state index in [1.807, 2.05) is 37.3 Å². The Morgan fingerprint density at radius 3 is 2.59 bits per heavy atom. The van der Waals surface area contributed by atoms with E-state index in [4.69, 9.17) is 0 Å². The molecule has 0 spiro atoms. The van der Waals surface area contributed by atoms with E-state index in [1.165, 1.54) is 4.68 Å². The lowest BCUT2D eigenvalue weighted by molar-refractivity contribution is -0.385. The number of nitro groups is 1. The Morgan fingerprint density at radius 2 is 2.05 bits per heavy atom. The van der Waals surface area contributed by atoms with Crippen molar-refractivity contribution in [1.82, 2.24) is 15.1 Å². The van der Waals surface area contributed by atoms with Gasteiger partial charge in [0.2, 0.25) is 5.69 Å². The highest BCUT2D eigenvalue weighted by Crippen LogP contribution is 2.23. The Hall–Kier alpha value is -2.70. The molecule has 1 atom stereocenters. The number of carbonyl (C=O) groups is 1. The van der Waals surface area contributed by atoms with Crippen molar-refractivity contribution in [3.05, 3.63) is 57.4 Å². The van der Waals surface area contributed by atoms with Crippen LogP contribution in [0.1, 0.15) is 41.1 Å². The van der Waals surface area contributed by atoms with E-state index in [0.29, 0.717) is 12.1 Å². The van der Waals surface area contributed by atoms with Gasteiger partial charge in [-0.3, -0.25) is 19.6 Å². The minimum atomic E-state index is -0.569. The van der Waals surface area contributed by atoms with Gasteiger partial charge in [-0.15, -0.1) is 0 Å². The van der Waals surface area contributed by atoms with Crippen molar-refractivity contribution < 1.29 is 9.72 Å². The predicted molar refractivity (Wildman–Crippen MR) is 81.5 cm³/mol. The third-order valence-electron chi connectivity index (χ3n) is 3.62. The number of nitrogens with zero attached hydrogens (tertiary/aromatic N) is 3. The van der Waals surface area contributed by atoms with Gasteiger partial charge in [-0.25, -0.2) is 0 Å². The number of rotatable bonds is 5. The van der Waals surface area contributed by atoms with Gasteiger partial charge in [-0.1, -0.05) is 37.3 Å². The van der Waals surface area contributed by atoms with Crippen LogP contribution in [0.25, 0.3) is 0 Å². The molecular weight excluding hydrogens is 284 g/mol. The zero-order chi connectivity index (χ0) is 16.3. The summed E-state index contributed by atoms with van der Waals surface area (Å²) in [7, 11) is 1.58. The molecule has 1 aromatic carbocycles. The molecule has 0 aliphatic carbocycles. The highest BCUT2D eigenvalue weighted by molar-refractivity contribution is 5.96. The minimum absolute atomic E-state index is 0.153. The van der Waals surface area contributed by atoms with Crippen molar-refractivity contribution in [3.63, 3.8) is 0 Å². The maximum atomic E-state index is 12.4. The Labute approximate surface area is 128 Å². The third-order valence-corrected chi connectivity index (χ3v) is 3.62. The minimum Gasteiger partial charge on any atom is -0.344 e. The molecule has 1 amide bonds. The van der Waals surface area contributed by atoms with Gasteiger partial charge < -0.3 is 5.32 Å². The van der Waals surface area contributed by atoms with Crippen molar-refractivity contribution in [3.8, 4) is 0 Å². The van der Waals surface area contributed by atoms with E-state index in [0.717, 1.165) is 5.56 Å². The first kappa shape index (κ1) is 15.7. The van der Waals surface area contributed by atoms with Crippen LogP contribution in [0.3, 0.4) is 0 Å². The number of aryl methyl sites for hydroxylation is 1. The topological polar surface area (TPSA) is 90.1 Å². The molecule has 1 N–H and O–H groups in total. The van der Waals surface area contributed by atoms with Crippen molar-refractivity contribution in [1.29, 1.82) is 0 Å². The van der Waals surface area contributed by atoms with Gasteiger partial charge in [0.05, 0.1) is 11.0 Å². The monoisotopic (exact) mass is 302 g/mol. The quantitative estimate of drug-likeness (QED) is 0.678. The zero-order valence-corrected chi connectivity index (χ0v) is 12.7. The van der Waals surface area contributed by atoms with Crippen LogP contribution in [0.2, 0.25) is 0 Å². The van der Waals surface area contributed by atoms with Gasteiger partial charge in [-0.2, -0.15) is 5.10 Å². The molecular formula is C15H18N4O3. The molecule has 0 aliphatic rings. The van der Waals surface area contributed by atoms with Crippen LogP contribution in [0.4, 0.5) is 5.69 Å². The molecule has 22 heavy (non-hydrogen) atoms. The SMILES string of the molecule is CCC(NC(=O)c1nn(C)c(C)c1[N+](=O)[O-])c1ccccc1. The first-order valence-electron chi connectivity index (χ1n) is 6.99. The fourth-order valence-electron chi connectivity index (χ4n) is 2.30. The van der Waals surface area contributed by atoms with Crippen LogP contribution >= 0.6 is 0 Å².